The van der Waals surface area contributed by atoms with Gasteiger partial charge in [0.15, 0.2) is 5.76 Å². The quantitative estimate of drug-likeness (QED) is 0.770. The van der Waals surface area contributed by atoms with Gasteiger partial charge in [0, 0.05) is 43.6 Å². The van der Waals surface area contributed by atoms with Gasteiger partial charge in [-0.2, -0.15) is 0 Å². The summed E-state index contributed by atoms with van der Waals surface area (Å²) in [6, 6.07) is 0. The minimum absolute atomic E-state index is 0.105. The molecule has 0 saturated carbocycles. The van der Waals surface area contributed by atoms with E-state index in [1.165, 1.54) is 6.08 Å². The second kappa shape index (κ2) is 9.18. The molecule has 1 aromatic heterocycles. The summed E-state index contributed by atoms with van der Waals surface area (Å²) < 4.78 is 19.1. The number of hydrogen-bond donors (Lipinski definition) is 1. The molecule has 7 heteroatoms. The first kappa shape index (κ1) is 21.0. The number of fused-ring (bicyclic) bond motifs is 1. The van der Waals surface area contributed by atoms with Gasteiger partial charge in [-0.15, -0.1) is 0 Å². The van der Waals surface area contributed by atoms with Gasteiger partial charge >= 0.3 is 0 Å². The van der Waals surface area contributed by atoms with Crippen LogP contribution in [0.25, 0.3) is 6.08 Å². The maximum atomic E-state index is 13.6. The Kier molecular flexibility index (Phi) is 6.88. The van der Waals surface area contributed by atoms with E-state index in [1.54, 1.807) is 4.90 Å². The molecule has 2 atom stereocenters. The Morgan fingerprint density at radius 1 is 1.43 bits per heavy atom. The normalized spacial score (nSPS) is 21.9. The largest absolute Gasteiger partial charge is 0.383 e. The molecule has 0 bridgehead atoms. The molecule has 1 fully saturated rings. The number of rotatable bonds is 7. The zero-order chi connectivity index (χ0) is 20.3. The molecule has 28 heavy (non-hydrogen) atoms. The summed E-state index contributed by atoms with van der Waals surface area (Å²) in [5.41, 5.74) is 2.08. The number of piperidine rings is 1. The Hall–Kier alpha value is -1.73. The highest BCUT2D eigenvalue weighted by molar-refractivity contribution is 5.80. The SMILES string of the molecule is CC[C@@H](O)C(=O)N(CC)CCN1CCC(c2noc3c2C(C)CC(F)=C3)CC1. The van der Waals surface area contributed by atoms with Crippen molar-refractivity contribution in [2.24, 2.45) is 0 Å². The molecule has 1 saturated heterocycles. The number of allylic oxidation sites excluding steroid dienone is 1. The molecule has 1 unspecified atom stereocenters. The lowest BCUT2D eigenvalue weighted by Crippen LogP contribution is -2.44. The van der Waals surface area contributed by atoms with E-state index in [4.69, 9.17) is 4.52 Å². The highest BCUT2D eigenvalue weighted by atomic mass is 19.1. The van der Waals surface area contributed by atoms with E-state index in [0.717, 1.165) is 43.7 Å². The standard InChI is InChI=1S/C21H32FN3O3/c1-4-17(26)21(27)25(5-2)11-10-24-8-6-15(7-9-24)20-19-14(3)12-16(22)13-18(19)28-23-20/h13-15,17,26H,4-12H2,1-3H3/t14?,17-/m1/s1. The van der Waals surface area contributed by atoms with Crippen molar-refractivity contribution in [3.63, 3.8) is 0 Å². The van der Waals surface area contributed by atoms with Crippen molar-refractivity contribution in [3.05, 3.63) is 22.8 Å². The fraction of sp³-hybridized carbons (Fsp3) is 0.714. The van der Waals surface area contributed by atoms with E-state index in [0.29, 0.717) is 37.6 Å². The monoisotopic (exact) mass is 393 g/mol. The van der Waals surface area contributed by atoms with Crippen LogP contribution in [0, 0.1) is 0 Å². The average Bonchev–Trinajstić information content (AvgIpc) is 3.12. The highest BCUT2D eigenvalue weighted by Gasteiger charge is 2.32. The number of hydrogen-bond acceptors (Lipinski definition) is 5. The van der Waals surface area contributed by atoms with E-state index in [-0.39, 0.29) is 17.7 Å². The lowest BCUT2D eigenvalue weighted by molar-refractivity contribution is -0.140. The Balaban J connectivity index is 1.54. The Labute approximate surface area is 166 Å². The molecule has 6 nitrogen and oxygen atoms in total. The number of amides is 1. The van der Waals surface area contributed by atoms with Gasteiger partial charge in [0.25, 0.3) is 5.91 Å². The Bertz CT molecular complexity index is 710. The van der Waals surface area contributed by atoms with E-state index < -0.39 is 6.10 Å². The smallest absolute Gasteiger partial charge is 0.251 e. The summed E-state index contributed by atoms with van der Waals surface area (Å²) in [5, 5.41) is 14.1. The molecule has 156 valence electrons. The van der Waals surface area contributed by atoms with Crippen LogP contribution in [0.15, 0.2) is 10.3 Å². The fourth-order valence-electron chi connectivity index (χ4n) is 4.31. The van der Waals surface area contributed by atoms with Crippen LogP contribution >= 0.6 is 0 Å². The first-order chi connectivity index (χ1) is 13.4. The van der Waals surface area contributed by atoms with Gasteiger partial charge < -0.3 is 19.4 Å². The summed E-state index contributed by atoms with van der Waals surface area (Å²) in [6.07, 6.45) is 3.41. The van der Waals surface area contributed by atoms with E-state index in [1.807, 2.05) is 20.8 Å². The summed E-state index contributed by atoms with van der Waals surface area (Å²) in [7, 11) is 0. The van der Waals surface area contributed by atoms with Crippen LogP contribution in [-0.4, -0.2) is 64.8 Å². The van der Waals surface area contributed by atoms with Crippen LogP contribution in [0.1, 0.15) is 75.3 Å². The summed E-state index contributed by atoms with van der Waals surface area (Å²) in [4.78, 5) is 16.3. The Morgan fingerprint density at radius 2 is 2.14 bits per heavy atom. The van der Waals surface area contributed by atoms with E-state index in [9.17, 15) is 14.3 Å². The zero-order valence-corrected chi connectivity index (χ0v) is 17.2. The van der Waals surface area contributed by atoms with Gasteiger partial charge in [0.1, 0.15) is 11.9 Å². The van der Waals surface area contributed by atoms with Crippen molar-refractivity contribution in [1.29, 1.82) is 0 Å². The average molecular weight is 394 g/mol. The first-order valence-corrected chi connectivity index (χ1v) is 10.5. The van der Waals surface area contributed by atoms with Crippen LogP contribution in [0.2, 0.25) is 0 Å². The molecule has 0 aromatic carbocycles. The zero-order valence-electron chi connectivity index (χ0n) is 17.2. The number of likely N-dealkylation sites (N-methyl/N-ethyl adjacent to an activating group) is 1. The molecule has 1 aromatic rings. The van der Waals surface area contributed by atoms with Crippen molar-refractivity contribution in [2.45, 2.75) is 64.4 Å². The Morgan fingerprint density at radius 3 is 2.79 bits per heavy atom. The lowest BCUT2D eigenvalue weighted by Gasteiger charge is -2.33. The maximum Gasteiger partial charge on any atom is 0.251 e. The number of aliphatic hydroxyl groups excluding tert-OH is 1. The topological polar surface area (TPSA) is 69.8 Å². The number of aromatic nitrogens is 1. The van der Waals surface area contributed by atoms with Gasteiger partial charge in [0.2, 0.25) is 0 Å². The second-order valence-corrected chi connectivity index (χ2v) is 8.00. The van der Waals surface area contributed by atoms with Crippen LogP contribution in [0.3, 0.4) is 0 Å². The van der Waals surface area contributed by atoms with Crippen molar-refractivity contribution >= 4 is 12.0 Å². The third-order valence-electron chi connectivity index (χ3n) is 6.09. The lowest BCUT2D eigenvalue weighted by atomic mass is 9.84. The minimum atomic E-state index is -0.898. The van der Waals surface area contributed by atoms with Gasteiger partial charge in [-0.05, 0) is 45.2 Å². The predicted octanol–water partition coefficient (Wildman–Crippen LogP) is 3.29. The number of carbonyl (C=O) groups excluding carboxylic acids is 1. The van der Waals surface area contributed by atoms with E-state index >= 15 is 0 Å². The first-order valence-electron chi connectivity index (χ1n) is 10.5. The fourth-order valence-corrected chi connectivity index (χ4v) is 4.31. The molecule has 0 radical (unpaired) electrons. The molecule has 3 rings (SSSR count). The van der Waals surface area contributed by atoms with Crippen molar-refractivity contribution < 1.29 is 18.8 Å². The predicted molar refractivity (Wildman–Crippen MR) is 106 cm³/mol. The maximum absolute atomic E-state index is 13.6. The van der Waals surface area contributed by atoms with Gasteiger partial charge in [0.05, 0.1) is 5.69 Å². The highest BCUT2D eigenvalue weighted by Crippen LogP contribution is 2.40. The van der Waals surface area contributed by atoms with Crippen molar-refractivity contribution in [2.75, 3.05) is 32.7 Å². The number of likely N-dealkylation sites (tertiary alicyclic amines) is 1. The molecular weight excluding hydrogens is 361 g/mol. The van der Waals surface area contributed by atoms with Crippen LogP contribution in [-0.2, 0) is 4.79 Å². The summed E-state index contributed by atoms with van der Waals surface area (Å²) in [5.74, 6) is 0.712. The van der Waals surface area contributed by atoms with Gasteiger partial charge in [-0.25, -0.2) is 4.39 Å². The van der Waals surface area contributed by atoms with Crippen molar-refractivity contribution in [1.82, 2.24) is 15.0 Å². The third-order valence-corrected chi connectivity index (χ3v) is 6.09. The molecular formula is C21H32FN3O3. The number of nitrogens with zero attached hydrogens (tertiary/aromatic N) is 3. The van der Waals surface area contributed by atoms with Crippen molar-refractivity contribution in [3.8, 4) is 0 Å². The van der Waals surface area contributed by atoms with Gasteiger partial charge in [-0.3, -0.25) is 4.79 Å². The number of halogens is 1. The van der Waals surface area contributed by atoms with Crippen LogP contribution in [0.4, 0.5) is 4.39 Å². The number of aliphatic hydroxyl groups is 1. The molecule has 2 aliphatic rings. The molecule has 1 aliphatic carbocycles. The van der Waals surface area contributed by atoms with E-state index in [2.05, 4.69) is 10.1 Å². The summed E-state index contributed by atoms with van der Waals surface area (Å²) in [6.45, 7) is 9.72. The van der Waals surface area contributed by atoms with Crippen LogP contribution in [0.5, 0.6) is 0 Å². The molecule has 1 amide bonds. The molecule has 0 spiro atoms. The molecule has 2 heterocycles. The molecule has 1 aliphatic heterocycles. The van der Waals surface area contributed by atoms with Crippen LogP contribution < -0.4 is 0 Å². The second-order valence-electron chi connectivity index (χ2n) is 8.00. The summed E-state index contributed by atoms with van der Waals surface area (Å²) >= 11 is 0. The minimum Gasteiger partial charge on any atom is -0.383 e. The van der Waals surface area contributed by atoms with Gasteiger partial charge in [-0.1, -0.05) is 19.0 Å². The molecule has 1 N–H and O–H groups in total. The number of carbonyl (C=O) groups is 1. The third kappa shape index (κ3) is 4.46.